The molecule has 1 aromatic carbocycles. The van der Waals surface area contributed by atoms with E-state index in [0.29, 0.717) is 10.6 Å². The topological polar surface area (TPSA) is 62.5 Å². The highest BCUT2D eigenvalue weighted by molar-refractivity contribution is 7.21. The Bertz CT molecular complexity index is 761. The summed E-state index contributed by atoms with van der Waals surface area (Å²) in [7, 11) is 0. The molecule has 0 aliphatic heterocycles. The maximum Gasteiger partial charge on any atom is 0.261 e. The third-order valence-corrected chi connectivity index (χ3v) is 4.65. The molecule has 1 atom stereocenters. The van der Waals surface area contributed by atoms with Crippen LogP contribution in [0.4, 0.5) is 0 Å². The molecule has 21 heavy (non-hydrogen) atoms. The van der Waals surface area contributed by atoms with Crippen molar-refractivity contribution in [2.24, 2.45) is 0 Å². The molecule has 0 radical (unpaired) electrons. The molecule has 0 aliphatic rings. The fraction of sp³-hybridized carbons (Fsp3) is 0.188. The molecule has 3 rings (SSSR count). The quantitative estimate of drug-likeness (QED) is 0.777. The average Bonchev–Trinajstić information content (AvgIpc) is 3.13. The largest absolute Gasteiger partial charge is 0.467 e. The summed E-state index contributed by atoms with van der Waals surface area (Å²) in [6, 6.07) is 11.3. The SMILES string of the molecule is Cc1c(C(=O)NCC(O)c2ccco2)sc2ccccc12. The molecule has 2 heterocycles. The zero-order valence-electron chi connectivity index (χ0n) is 11.5. The van der Waals surface area contributed by atoms with Crippen LogP contribution in [0.25, 0.3) is 10.1 Å². The van der Waals surface area contributed by atoms with Crippen molar-refractivity contribution < 1.29 is 14.3 Å². The van der Waals surface area contributed by atoms with Gasteiger partial charge in [0.1, 0.15) is 11.9 Å². The normalized spacial score (nSPS) is 12.5. The summed E-state index contributed by atoms with van der Waals surface area (Å²) in [6.45, 7) is 2.07. The number of carbonyl (C=O) groups is 1. The van der Waals surface area contributed by atoms with Crippen molar-refractivity contribution in [3.8, 4) is 0 Å². The van der Waals surface area contributed by atoms with E-state index in [1.807, 2.05) is 31.2 Å². The highest BCUT2D eigenvalue weighted by Gasteiger charge is 2.17. The molecule has 0 saturated heterocycles. The molecule has 0 bridgehead atoms. The molecule has 3 aromatic rings. The standard InChI is InChI=1S/C16H15NO3S/c1-10-11-5-2-3-7-14(11)21-15(10)16(19)17-9-12(18)13-6-4-8-20-13/h2-8,12,18H,9H2,1H3,(H,17,19). The molecule has 2 N–H and O–H groups in total. The van der Waals surface area contributed by atoms with Gasteiger partial charge in [-0.3, -0.25) is 4.79 Å². The lowest BCUT2D eigenvalue weighted by Gasteiger charge is -2.09. The van der Waals surface area contributed by atoms with Gasteiger partial charge in [0.15, 0.2) is 0 Å². The van der Waals surface area contributed by atoms with Crippen LogP contribution in [-0.2, 0) is 0 Å². The molecule has 1 unspecified atom stereocenters. The van der Waals surface area contributed by atoms with Gasteiger partial charge in [0.25, 0.3) is 5.91 Å². The Hall–Kier alpha value is -2.11. The van der Waals surface area contributed by atoms with Gasteiger partial charge in [-0.25, -0.2) is 0 Å². The van der Waals surface area contributed by atoms with Crippen molar-refractivity contribution in [3.05, 3.63) is 58.9 Å². The number of thiophene rings is 1. The van der Waals surface area contributed by atoms with Crippen molar-refractivity contribution >= 4 is 27.3 Å². The first-order valence-electron chi connectivity index (χ1n) is 6.64. The first-order valence-corrected chi connectivity index (χ1v) is 7.46. The van der Waals surface area contributed by atoms with Crippen LogP contribution in [-0.4, -0.2) is 17.6 Å². The molecule has 0 saturated carbocycles. The number of fused-ring (bicyclic) bond motifs is 1. The van der Waals surface area contributed by atoms with Gasteiger partial charge in [0.2, 0.25) is 0 Å². The fourth-order valence-corrected chi connectivity index (χ4v) is 3.37. The Morgan fingerprint density at radius 1 is 1.33 bits per heavy atom. The number of aliphatic hydroxyl groups is 1. The van der Waals surface area contributed by atoms with Gasteiger partial charge >= 0.3 is 0 Å². The second-order valence-electron chi connectivity index (χ2n) is 4.79. The van der Waals surface area contributed by atoms with Gasteiger partial charge in [-0.1, -0.05) is 18.2 Å². The molecule has 5 heteroatoms. The summed E-state index contributed by atoms with van der Waals surface area (Å²) in [6.07, 6.45) is 0.662. The predicted octanol–water partition coefficient (Wildman–Crippen LogP) is 3.27. The first kappa shape index (κ1) is 13.9. The van der Waals surface area contributed by atoms with Crippen LogP contribution in [0, 0.1) is 6.92 Å². The van der Waals surface area contributed by atoms with Gasteiger partial charge in [-0.15, -0.1) is 11.3 Å². The fourth-order valence-electron chi connectivity index (χ4n) is 2.24. The Labute approximate surface area is 126 Å². The van der Waals surface area contributed by atoms with Crippen molar-refractivity contribution in [2.75, 3.05) is 6.54 Å². The maximum absolute atomic E-state index is 12.3. The van der Waals surface area contributed by atoms with Crippen LogP contribution < -0.4 is 5.32 Å². The molecule has 2 aromatic heterocycles. The molecule has 0 aliphatic carbocycles. The lowest BCUT2D eigenvalue weighted by molar-refractivity contribution is 0.0904. The van der Waals surface area contributed by atoms with Crippen LogP contribution in [0.1, 0.15) is 27.1 Å². The Morgan fingerprint density at radius 2 is 2.14 bits per heavy atom. The predicted molar refractivity (Wildman–Crippen MR) is 82.6 cm³/mol. The van der Waals surface area contributed by atoms with Crippen LogP contribution >= 0.6 is 11.3 Å². The van der Waals surface area contributed by atoms with Crippen molar-refractivity contribution in [1.82, 2.24) is 5.32 Å². The molecular formula is C16H15NO3S. The van der Waals surface area contributed by atoms with E-state index in [-0.39, 0.29) is 12.5 Å². The van der Waals surface area contributed by atoms with E-state index in [2.05, 4.69) is 5.32 Å². The third kappa shape index (κ3) is 2.70. The van der Waals surface area contributed by atoms with Crippen molar-refractivity contribution in [2.45, 2.75) is 13.0 Å². The number of rotatable bonds is 4. The minimum atomic E-state index is -0.835. The summed E-state index contributed by atoms with van der Waals surface area (Å²) in [4.78, 5) is 12.9. The Morgan fingerprint density at radius 3 is 2.86 bits per heavy atom. The smallest absolute Gasteiger partial charge is 0.261 e. The van der Waals surface area contributed by atoms with E-state index >= 15 is 0 Å². The number of aryl methyl sites for hydroxylation is 1. The summed E-state index contributed by atoms with van der Waals surface area (Å²) >= 11 is 1.46. The van der Waals surface area contributed by atoms with E-state index in [4.69, 9.17) is 4.42 Å². The molecule has 0 fully saturated rings. The van der Waals surface area contributed by atoms with Gasteiger partial charge < -0.3 is 14.8 Å². The lowest BCUT2D eigenvalue weighted by atomic mass is 10.1. The monoisotopic (exact) mass is 301 g/mol. The average molecular weight is 301 g/mol. The number of carbonyl (C=O) groups excluding carboxylic acids is 1. The Kier molecular flexibility index (Phi) is 3.77. The van der Waals surface area contributed by atoms with E-state index in [9.17, 15) is 9.90 Å². The summed E-state index contributed by atoms with van der Waals surface area (Å²) in [5, 5.41) is 13.8. The number of furan rings is 1. The molecule has 1 amide bonds. The van der Waals surface area contributed by atoms with Gasteiger partial charge in [-0.2, -0.15) is 0 Å². The van der Waals surface area contributed by atoms with Crippen LogP contribution in [0.5, 0.6) is 0 Å². The third-order valence-electron chi connectivity index (χ3n) is 3.38. The summed E-state index contributed by atoms with van der Waals surface area (Å²) in [5.74, 6) is 0.280. The Balaban J connectivity index is 1.74. The minimum absolute atomic E-state index is 0.125. The summed E-state index contributed by atoms with van der Waals surface area (Å²) < 4.78 is 6.20. The first-order chi connectivity index (χ1) is 10.2. The van der Waals surface area contributed by atoms with Crippen LogP contribution in [0.3, 0.4) is 0 Å². The number of benzene rings is 1. The molecule has 108 valence electrons. The van der Waals surface area contributed by atoms with E-state index < -0.39 is 6.10 Å². The number of nitrogens with one attached hydrogen (secondary N) is 1. The number of aliphatic hydroxyl groups excluding tert-OH is 1. The zero-order valence-corrected chi connectivity index (χ0v) is 12.3. The zero-order chi connectivity index (χ0) is 14.8. The number of hydrogen-bond donors (Lipinski definition) is 2. The van der Waals surface area contributed by atoms with Gasteiger partial charge in [0, 0.05) is 4.70 Å². The molecular weight excluding hydrogens is 286 g/mol. The van der Waals surface area contributed by atoms with Gasteiger partial charge in [0.05, 0.1) is 17.7 Å². The van der Waals surface area contributed by atoms with E-state index in [1.54, 1.807) is 12.1 Å². The second-order valence-corrected chi connectivity index (χ2v) is 5.85. The van der Waals surface area contributed by atoms with Crippen molar-refractivity contribution in [1.29, 1.82) is 0 Å². The van der Waals surface area contributed by atoms with Gasteiger partial charge in [-0.05, 0) is 36.1 Å². The number of amides is 1. The van der Waals surface area contributed by atoms with Crippen molar-refractivity contribution in [3.63, 3.8) is 0 Å². The minimum Gasteiger partial charge on any atom is -0.467 e. The van der Waals surface area contributed by atoms with Crippen LogP contribution in [0.2, 0.25) is 0 Å². The summed E-state index contributed by atoms with van der Waals surface area (Å²) in [5.41, 5.74) is 0.973. The molecule has 0 spiro atoms. The molecule has 4 nitrogen and oxygen atoms in total. The highest BCUT2D eigenvalue weighted by Crippen LogP contribution is 2.30. The number of hydrogen-bond acceptors (Lipinski definition) is 4. The highest BCUT2D eigenvalue weighted by atomic mass is 32.1. The van der Waals surface area contributed by atoms with E-state index in [0.717, 1.165) is 15.6 Å². The van der Waals surface area contributed by atoms with Crippen LogP contribution in [0.15, 0.2) is 47.1 Å². The van der Waals surface area contributed by atoms with E-state index in [1.165, 1.54) is 17.6 Å². The lowest BCUT2D eigenvalue weighted by Crippen LogP contribution is -2.28. The second kappa shape index (κ2) is 5.71. The maximum atomic E-state index is 12.3.